The number of amides is 1. The molecule has 2 aromatic rings. The summed E-state index contributed by atoms with van der Waals surface area (Å²) < 4.78 is 13.3. The molecule has 0 fully saturated rings. The van der Waals surface area contributed by atoms with Crippen molar-refractivity contribution in [3.63, 3.8) is 0 Å². The van der Waals surface area contributed by atoms with Crippen LogP contribution < -0.4 is 10.2 Å². The smallest absolute Gasteiger partial charge is 0.269 e. The highest BCUT2D eigenvalue weighted by molar-refractivity contribution is 7.80. The molecular weight excluding hydrogens is 395 g/mol. The van der Waals surface area contributed by atoms with Gasteiger partial charge in [-0.1, -0.05) is 0 Å². The van der Waals surface area contributed by atoms with Gasteiger partial charge in [0.05, 0.1) is 16.5 Å². The van der Waals surface area contributed by atoms with Crippen LogP contribution in [-0.2, 0) is 4.79 Å². The summed E-state index contributed by atoms with van der Waals surface area (Å²) in [5.74, 6) is -0.604. The van der Waals surface area contributed by atoms with Crippen molar-refractivity contribution >= 4 is 34.6 Å². The van der Waals surface area contributed by atoms with Crippen LogP contribution in [0.3, 0.4) is 0 Å². The summed E-state index contributed by atoms with van der Waals surface area (Å²) in [5.41, 5.74) is 2.29. The molecule has 1 heterocycles. The predicted octanol–water partition coefficient (Wildman–Crippen LogP) is 3.53. The summed E-state index contributed by atoms with van der Waals surface area (Å²) in [6, 6.07) is 11.2. The van der Waals surface area contributed by atoms with E-state index >= 15 is 0 Å². The van der Waals surface area contributed by atoms with Gasteiger partial charge in [0.1, 0.15) is 5.82 Å². The van der Waals surface area contributed by atoms with E-state index in [-0.39, 0.29) is 17.4 Å². The molecule has 0 radical (unpaired) electrons. The van der Waals surface area contributed by atoms with Gasteiger partial charge >= 0.3 is 0 Å². The lowest BCUT2D eigenvalue weighted by Gasteiger charge is -2.38. The lowest BCUT2D eigenvalue weighted by atomic mass is 9.93. The molecule has 1 atom stereocenters. The summed E-state index contributed by atoms with van der Waals surface area (Å²) in [7, 11) is 3.29. The summed E-state index contributed by atoms with van der Waals surface area (Å²) in [4.78, 5) is 26.6. The van der Waals surface area contributed by atoms with Gasteiger partial charge in [-0.3, -0.25) is 19.8 Å². The number of thiocarbonyl (C=S) groups is 1. The monoisotopic (exact) mass is 414 g/mol. The Hall–Kier alpha value is -3.33. The first kappa shape index (κ1) is 20.4. The Kier molecular flexibility index (Phi) is 5.60. The van der Waals surface area contributed by atoms with E-state index in [1.165, 1.54) is 29.2 Å². The molecule has 3 rings (SSSR count). The molecule has 0 bridgehead atoms. The molecule has 0 spiro atoms. The van der Waals surface area contributed by atoms with E-state index in [9.17, 15) is 19.3 Å². The van der Waals surface area contributed by atoms with Gasteiger partial charge in [-0.05, 0) is 61.1 Å². The van der Waals surface area contributed by atoms with Crippen molar-refractivity contribution in [3.05, 3.63) is 81.3 Å². The van der Waals surface area contributed by atoms with Crippen LogP contribution in [0.25, 0.3) is 0 Å². The number of anilines is 1. The Labute approximate surface area is 172 Å². The van der Waals surface area contributed by atoms with E-state index in [0.717, 1.165) is 0 Å². The zero-order valence-corrected chi connectivity index (χ0v) is 16.9. The minimum Gasteiger partial charge on any atom is -0.351 e. The average molecular weight is 414 g/mol. The molecule has 150 valence electrons. The Morgan fingerprint density at radius 2 is 1.76 bits per heavy atom. The van der Waals surface area contributed by atoms with Crippen LogP contribution in [0.1, 0.15) is 18.5 Å². The third-order valence-corrected chi connectivity index (χ3v) is 4.94. The standard InChI is InChI=1S/C20H19FN4O3S/c1-12-17(19(26)23(2)3)18(13-4-8-16(9-5-13)25(27)28)22-20(29)24(12)15-10-6-14(21)7-11-15/h4-11,18H,1-3H3,(H,22,29)/t18-/m1/s1. The molecule has 0 aliphatic carbocycles. The summed E-state index contributed by atoms with van der Waals surface area (Å²) in [6.07, 6.45) is 0. The molecule has 7 nitrogen and oxygen atoms in total. The largest absolute Gasteiger partial charge is 0.351 e. The number of rotatable bonds is 4. The number of non-ortho nitro benzene ring substituents is 1. The number of nitrogens with zero attached hydrogens (tertiary/aromatic N) is 3. The number of hydrogen-bond acceptors (Lipinski definition) is 4. The minimum atomic E-state index is -0.574. The Bertz CT molecular complexity index is 1000. The number of allylic oxidation sites excluding steroid dienone is 1. The second kappa shape index (κ2) is 7.96. The molecule has 9 heteroatoms. The normalized spacial score (nSPS) is 16.5. The van der Waals surface area contributed by atoms with Crippen LogP contribution in [0.5, 0.6) is 0 Å². The summed E-state index contributed by atoms with van der Waals surface area (Å²) in [5, 5.41) is 14.4. The van der Waals surface area contributed by atoms with E-state index in [1.54, 1.807) is 50.2 Å². The van der Waals surface area contributed by atoms with Gasteiger partial charge in [0.2, 0.25) is 0 Å². The molecule has 1 aliphatic rings. The number of hydrogen-bond donors (Lipinski definition) is 1. The Morgan fingerprint density at radius 1 is 1.17 bits per heavy atom. The Morgan fingerprint density at radius 3 is 2.28 bits per heavy atom. The molecule has 2 aromatic carbocycles. The number of nitrogens with one attached hydrogen (secondary N) is 1. The number of carbonyl (C=O) groups excluding carboxylic acids is 1. The van der Waals surface area contributed by atoms with Crippen LogP contribution >= 0.6 is 12.2 Å². The molecule has 0 saturated heterocycles. The summed E-state index contributed by atoms with van der Waals surface area (Å²) >= 11 is 5.52. The van der Waals surface area contributed by atoms with E-state index in [4.69, 9.17) is 12.2 Å². The predicted molar refractivity (Wildman–Crippen MR) is 112 cm³/mol. The van der Waals surface area contributed by atoms with Crippen LogP contribution in [0.2, 0.25) is 0 Å². The first-order valence-corrected chi connectivity index (χ1v) is 9.14. The third kappa shape index (κ3) is 3.95. The topological polar surface area (TPSA) is 78.7 Å². The minimum absolute atomic E-state index is 0.0405. The third-order valence-electron chi connectivity index (χ3n) is 4.64. The van der Waals surface area contributed by atoms with Crippen molar-refractivity contribution in [2.75, 3.05) is 19.0 Å². The molecular formula is C20H19FN4O3S. The molecule has 0 saturated carbocycles. The number of likely N-dealkylation sites (N-methyl/N-ethyl adjacent to an activating group) is 1. The maximum atomic E-state index is 13.3. The highest BCUT2D eigenvalue weighted by Crippen LogP contribution is 2.34. The molecule has 0 aromatic heterocycles. The number of nitro groups is 1. The molecule has 0 unspecified atom stereocenters. The maximum Gasteiger partial charge on any atom is 0.269 e. The van der Waals surface area contributed by atoms with Crippen molar-refractivity contribution in [1.29, 1.82) is 0 Å². The SMILES string of the molecule is CC1=C(C(=O)N(C)C)[C@@H](c2ccc([N+](=O)[O-])cc2)NC(=S)N1c1ccc(F)cc1. The number of carbonyl (C=O) groups is 1. The van der Waals surface area contributed by atoms with Crippen molar-refractivity contribution in [2.45, 2.75) is 13.0 Å². The van der Waals surface area contributed by atoms with Crippen LogP contribution in [0.15, 0.2) is 59.8 Å². The van der Waals surface area contributed by atoms with E-state index in [1.807, 2.05) is 0 Å². The average Bonchev–Trinajstić information content (AvgIpc) is 2.68. The second-order valence-corrected chi connectivity index (χ2v) is 7.13. The van der Waals surface area contributed by atoms with Crippen LogP contribution in [0, 0.1) is 15.9 Å². The van der Waals surface area contributed by atoms with Crippen LogP contribution in [0.4, 0.5) is 15.8 Å². The fraction of sp³-hybridized carbons (Fsp3) is 0.200. The number of benzene rings is 2. The first-order valence-electron chi connectivity index (χ1n) is 8.73. The van der Waals surface area contributed by atoms with Gasteiger partial charge < -0.3 is 10.2 Å². The zero-order chi connectivity index (χ0) is 21.3. The van der Waals surface area contributed by atoms with Gasteiger partial charge in [0, 0.05) is 37.6 Å². The molecule has 1 aliphatic heterocycles. The lowest BCUT2D eigenvalue weighted by Crippen LogP contribution is -2.49. The quantitative estimate of drug-likeness (QED) is 0.468. The van der Waals surface area contributed by atoms with Gasteiger partial charge in [0.25, 0.3) is 11.6 Å². The maximum absolute atomic E-state index is 13.3. The van der Waals surface area contributed by atoms with Gasteiger partial charge in [0.15, 0.2) is 5.11 Å². The molecule has 1 amide bonds. The van der Waals surface area contributed by atoms with Gasteiger partial charge in [-0.2, -0.15) is 0 Å². The van der Waals surface area contributed by atoms with Crippen LogP contribution in [-0.4, -0.2) is 34.9 Å². The second-order valence-electron chi connectivity index (χ2n) is 6.74. The summed E-state index contributed by atoms with van der Waals surface area (Å²) in [6.45, 7) is 1.77. The fourth-order valence-electron chi connectivity index (χ4n) is 3.20. The Balaban J connectivity index is 2.12. The number of halogens is 1. The molecule has 1 N–H and O–H groups in total. The molecule has 29 heavy (non-hydrogen) atoms. The highest BCUT2D eigenvalue weighted by atomic mass is 32.1. The van der Waals surface area contributed by atoms with Crippen molar-refractivity contribution < 1.29 is 14.1 Å². The van der Waals surface area contributed by atoms with Gasteiger partial charge in [-0.25, -0.2) is 4.39 Å². The van der Waals surface area contributed by atoms with E-state index in [2.05, 4.69) is 5.32 Å². The van der Waals surface area contributed by atoms with Crippen molar-refractivity contribution in [3.8, 4) is 0 Å². The number of nitro benzene ring substituents is 1. The highest BCUT2D eigenvalue weighted by Gasteiger charge is 2.35. The zero-order valence-electron chi connectivity index (χ0n) is 16.0. The fourth-order valence-corrected chi connectivity index (χ4v) is 3.56. The van der Waals surface area contributed by atoms with E-state index in [0.29, 0.717) is 27.6 Å². The first-order chi connectivity index (χ1) is 13.7. The van der Waals surface area contributed by atoms with E-state index < -0.39 is 11.0 Å². The van der Waals surface area contributed by atoms with Gasteiger partial charge in [-0.15, -0.1) is 0 Å². The van der Waals surface area contributed by atoms with Crippen molar-refractivity contribution in [2.24, 2.45) is 0 Å². The lowest BCUT2D eigenvalue weighted by molar-refractivity contribution is -0.384. The van der Waals surface area contributed by atoms with Crippen molar-refractivity contribution in [1.82, 2.24) is 10.2 Å².